The molecule has 0 spiro atoms. The van der Waals surface area contributed by atoms with Crippen LogP contribution in [0.2, 0.25) is 0 Å². The molecule has 0 fully saturated rings. The van der Waals surface area contributed by atoms with E-state index in [0.717, 1.165) is 5.82 Å². The van der Waals surface area contributed by atoms with E-state index in [2.05, 4.69) is 32.7 Å². The van der Waals surface area contributed by atoms with Crippen LogP contribution in [0.1, 0.15) is 25.7 Å². The zero-order chi connectivity index (χ0) is 9.68. The molecule has 0 radical (unpaired) electrons. The van der Waals surface area contributed by atoms with Crippen molar-refractivity contribution in [3.05, 3.63) is 5.82 Å². The first-order chi connectivity index (χ1) is 6.25. The average molecular weight is 179 g/mol. The molecule has 1 N–H and O–H groups in total. The maximum Gasteiger partial charge on any atom is 0.167 e. The molecule has 0 bridgehead atoms. The molecular formula is C8H13N5. The molecule has 0 aliphatic heterocycles. The summed E-state index contributed by atoms with van der Waals surface area (Å²) in [7, 11) is 1.82. The van der Waals surface area contributed by atoms with Gasteiger partial charge in [0.05, 0.1) is 12.6 Å². The Morgan fingerprint density at radius 3 is 2.92 bits per heavy atom. The molecule has 1 aromatic heterocycles. The van der Waals surface area contributed by atoms with E-state index in [1.807, 2.05) is 20.9 Å². The minimum absolute atomic E-state index is 0.126. The first kappa shape index (κ1) is 9.68. The Balaban J connectivity index is 2.52. The normalized spacial score (nSPS) is 11.9. The second-order valence-electron chi connectivity index (χ2n) is 2.69. The molecule has 1 heterocycles. The monoisotopic (exact) mass is 179 g/mol. The number of hydrogen-bond donors (Lipinski definition) is 1. The molecule has 0 amide bonds. The molecule has 0 saturated carbocycles. The number of tetrazole rings is 1. The summed E-state index contributed by atoms with van der Waals surface area (Å²) in [6.45, 7) is 4.48. The zero-order valence-corrected chi connectivity index (χ0v) is 8.07. The van der Waals surface area contributed by atoms with Crippen molar-refractivity contribution in [1.29, 1.82) is 0 Å². The predicted molar refractivity (Wildman–Crippen MR) is 48.7 cm³/mol. The summed E-state index contributed by atoms with van der Waals surface area (Å²) in [5.74, 6) is 6.55. The van der Waals surface area contributed by atoms with Gasteiger partial charge in [-0.15, -0.1) is 11.0 Å². The fourth-order valence-corrected chi connectivity index (χ4v) is 0.987. The van der Waals surface area contributed by atoms with Crippen LogP contribution in [0.25, 0.3) is 0 Å². The second kappa shape index (κ2) is 4.58. The van der Waals surface area contributed by atoms with E-state index >= 15 is 0 Å². The summed E-state index contributed by atoms with van der Waals surface area (Å²) in [4.78, 5) is 0. The van der Waals surface area contributed by atoms with E-state index in [1.54, 1.807) is 4.68 Å². The van der Waals surface area contributed by atoms with Gasteiger partial charge < -0.3 is 0 Å². The molecule has 70 valence electrons. The smallest absolute Gasteiger partial charge is 0.167 e. The SMILES string of the molecule is CC#CCNC(C)c1nnnn1C. The summed E-state index contributed by atoms with van der Waals surface area (Å²) in [5, 5.41) is 14.4. The largest absolute Gasteiger partial charge is 0.297 e. The van der Waals surface area contributed by atoms with Crippen LogP contribution in [0.3, 0.4) is 0 Å². The van der Waals surface area contributed by atoms with Crippen molar-refractivity contribution in [2.45, 2.75) is 19.9 Å². The Morgan fingerprint density at radius 1 is 1.62 bits per heavy atom. The lowest BCUT2D eigenvalue weighted by Crippen LogP contribution is -2.21. The lowest BCUT2D eigenvalue weighted by molar-refractivity contribution is 0.547. The zero-order valence-electron chi connectivity index (χ0n) is 8.07. The van der Waals surface area contributed by atoms with Gasteiger partial charge in [0.1, 0.15) is 0 Å². The summed E-state index contributed by atoms with van der Waals surface area (Å²) in [6, 6.07) is 0.126. The average Bonchev–Trinajstić information content (AvgIpc) is 2.52. The van der Waals surface area contributed by atoms with Crippen molar-refractivity contribution in [3.63, 3.8) is 0 Å². The third-order valence-corrected chi connectivity index (χ3v) is 1.71. The second-order valence-corrected chi connectivity index (χ2v) is 2.69. The number of aromatic nitrogens is 4. The van der Waals surface area contributed by atoms with Crippen LogP contribution in [0.5, 0.6) is 0 Å². The molecule has 13 heavy (non-hydrogen) atoms. The minimum Gasteiger partial charge on any atom is -0.297 e. The van der Waals surface area contributed by atoms with Crippen LogP contribution in [-0.4, -0.2) is 26.8 Å². The Hall–Kier alpha value is -1.41. The Labute approximate surface area is 77.5 Å². The number of rotatable bonds is 3. The highest BCUT2D eigenvalue weighted by atomic mass is 15.5. The van der Waals surface area contributed by atoms with Gasteiger partial charge in [0, 0.05) is 7.05 Å². The molecule has 1 aromatic rings. The highest BCUT2D eigenvalue weighted by Crippen LogP contribution is 2.04. The third-order valence-electron chi connectivity index (χ3n) is 1.71. The number of hydrogen-bond acceptors (Lipinski definition) is 4. The lowest BCUT2D eigenvalue weighted by Gasteiger charge is -2.08. The van der Waals surface area contributed by atoms with Crippen LogP contribution in [-0.2, 0) is 7.05 Å². The predicted octanol–water partition coefficient (Wildman–Crippen LogP) is -0.116. The van der Waals surface area contributed by atoms with Crippen molar-refractivity contribution < 1.29 is 0 Å². The highest BCUT2D eigenvalue weighted by Gasteiger charge is 2.09. The molecule has 0 saturated heterocycles. The number of aryl methyl sites for hydroxylation is 1. The van der Waals surface area contributed by atoms with Gasteiger partial charge in [-0.1, -0.05) is 5.92 Å². The van der Waals surface area contributed by atoms with E-state index in [9.17, 15) is 0 Å². The van der Waals surface area contributed by atoms with Crippen LogP contribution >= 0.6 is 0 Å². The molecule has 5 heteroatoms. The lowest BCUT2D eigenvalue weighted by atomic mass is 10.3. The summed E-state index contributed by atoms with van der Waals surface area (Å²) in [6.07, 6.45) is 0. The number of nitrogens with zero attached hydrogens (tertiary/aromatic N) is 4. The van der Waals surface area contributed by atoms with Crippen molar-refractivity contribution in [1.82, 2.24) is 25.5 Å². The third kappa shape index (κ3) is 2.53. The summed E-state index contributed by atoms with van der Waals surface area (Å²) in [5.41, 5.74) is 0. The molecule has 5 nitrogen and oxygen atoms in total. The topological polar surface area (TPSA) is 55.6 Å². The first-order valence-electron chi connectivity index (χ1n) is 4.11. The maximum atomic E-state index is 3.89. The van der Waals surface area contributed by atoms with Gasteiger partial charge in [-0.2, -0.15) is 0 Å². The Kier molecular flexibility index (Phi) is 3.41. The molecular weight excluding hydrogens is 166 g/mol. The van der Waals surface area contributed by atoms with Gasteiger partial charge >= 0.3 is 0 Å². The summed E-state index contributed by atoms with van der Waals surface area (Å²) >= 11 is 0. The molecule has 1 unspecified atom stereocenters. The van der Waals surface area contributed by atoms with Crippen LogP contribution < -0.4 is 5.32 Å². The molecule has 1 atom stereocenters. The van der Waals surface area contributed by atoms with E-state index < -0.39 is 0 Å². The molecule has 0 aliphatic rings. The van der Waals surface area contributed by atoms with E-state index in [0.29, 0.717) is 6.54 Å². The van der Waals surface area contributed by atoms with Gasteiger partial charge in [0.25, 0.3) is 0 Å². The van der Waals surface area contributed by atoms with Crippen LogP contribution in [0, 0.1) is 11.8 Å². The first-order valence-corrected chi connectivity index (χ1v) is 4.11. The van der Waals surface area contributed by atoms with Crippen LogP contribution in [0.4, 0.5) is 0 Å². The van der Waals surface area contributed by atoms with Gasteiger partial charge in [-0.05, 0) is 24.3 Å². The fraction of sp³-hybridized carbons (Fsp3) is 0.625. The molecule has 0 aliphatic carbocycles. The molecule has 0 aromatic carbocycles. The summed E-state index contributed by atoms with van der Waals surface area (Å²) < 4.78 is 1.65. The van der Waals surface area contributed by atoms with Crippen molar-refractivity contribution in [3.8, 4) is 11.8 Å². The van der Waals surface area contributed by atoms with Gasteiger partial charge in [0.15, 0.2) is 5.82 Å². The van der Waals surface area contributed by atoms with Gasteiger partial charge in [-0.3, -0.25) is 5.32 Å². The van der Waals surface area contributed by atoms with E-state index in [4.69, 9.17) is 0 Å². The fourth-order valence-electron chi connectivity index (χ4n) is 0.987. The quantitative estimate of drug-likeness (QED) is 0.657. The van der Waals surface area contributed by atoms with Gasteiger partial charge in [0.2, 0.25) is 0 Å². The highest BCUT2D eigenvalue weighted by molar-refractivity contribution is 4.99. The van der Waals surface area contributed by atoms with Crippen molar-refractivity contribution >= 4 is 0 Å². The maximum absolute atomic E-state index is 3.89. The number of nitrogens with one attached hydrogen (secondary N) is 1. The van der Waals surface area contributed by atoms with Crippen molar-refractivity contribution in [2.24, 2.45) is 7.05 Å². The van der Waals surface area contributed by atoms with E-state index in [-0.39, 0.29) is 6.04 Å². The van der Waals surface area contributed by atoms with Crippen LogP contribution in [0.15, 0.2) is 0 Å². The minimum atomic E-state index is 0.126. The van der Waals surface area contributed by atoms with Gasteiger partial charge in [-0.25, -0.2) is 4.68 Å². The Bertz CT molecular complexity index is 319. The standard InChI is InChI=1S/C8H13N5/c1-4-5-6-9-7(2)8-10-11-12-13(8)3/h7,9H,6H2,1-3H3. The molecule has 1 rings (SSSR count). The van der Waals surface area contributed by atoms with Crippen molar-refractivity contribution in [2.75, 3.05) is 6.54 Å². The Morgan fingerprint density at radius 2 is 2.38 bits per heavy atom. The van der Waals surface area contributed by atoms with E-state index in [1.165, 1.54) is 0 Å².